The van der Waals surface area contributed by atoms with Gasteiger partial charge in [0.15, 0.2) is 0 Å². The fourth-order valence-corrected chi connectivity index (χ4v) is 1.60. The molecule has 0 spiro atoms. The summed E-state index contributed by atoms with van der Waals surface area (Å²) in [4.78, 5) is 27.3. The molecule has 1 rings (SSSR count). The van der Waals surface area contributed by atoms with Crippen LogP contribution in [0, 0.1) is 0 Å². The fraction of sp³-hybridized carbons (Fsp3) is 0.500. The number of pyridine rings is 1. The molecule has 0 aliphatic carbocycles. The first-order chi connectivity index (χ1) is 9.99. The molecule has 5 nitrogen and oxygen atoms in total. The Hall–Kier alpha value is -2.12. The zero-order chi connectivity index (χ0) is 17.0. The average Bonchev–Trinajstić information content (AvgIpc) is 2.35. The molecule has 0 radical (unpaired) electrons. The zero-order valence-corrected chi connectivity index (χ0v) is 12.5. The van der Waals surface area contributed by atoms with Gasteiger partial charge in [0.2, 0.25) is 0 Å². The molecule has 0 aromatic carbocycles. The highest BCUT2D eigenvalue weighted by molar-refractivity contribution is 5.85. The number of rotatable bonds is 4. The minimum atomic E-state index is -5.07. The molecule has 0 saturated carbocycles. The maximum absolute atomic E-state index is 12.6. The fourth-order valence-electron chi connectivity index (χ4n) is 1.60. The van der Waals surface area contributed by atoms with E-state index in [4.69, 9.17) is 4.74 Å². The smallest absolute Gasteiger partial charge is 0.459 e. The Morgan fingerprint density at radius 3 is 2.32 bits per heavy atom. The molecule has 0 saturated heterocycles. The second-order valence-electron chi connectivity index (χ2n) is 5.57. The summed E-state index contributed by atoms with van der Waals surface area (Å²) in [6.45, 7) is 3.52. The topological polar surface area (TPSA) is 59.5 Å². The van der Waals surface area contributed by atoms with E-state index in [1.807, 2.05) is 0 Å². The highest BCUT2D eigenvalue weighted by atomic mass is 19.4. The van der Waals surface area contributed by atoms with E-state index in [1.165, 1.54) is 12.3 Å². The maximum Gasteiger partial charge on any atom is 0.471 e. The second kappa shape index (κ2) is 6.76. The summed E-state index contributed by atoms with van der Waals surface area (Å²) in [5, 5.41) is 0. The minimum Gasteiger partial charge on any atom is -0.459 e. The number of ether oxygens (including phenoxy) is 1. The second-order valence-corrected chi connectivity index (χ2v) is 5.57. The predicted molar refractivity (Wildman–Crippen MR) is 71.6 cm³/mol. The quantitative estimate of drug-likeness (QED) is 0.799. The standard InChI is InChI=1S/C14H17F3N2O3/c1-13(2,3)22-11(20)9-19(12(21)14(15,16)17)8-10-6-4-5-7-18-10/h4-7H,8-9H2,1-3H3. The third-order valence-corrected chi connectivity index (χ3v) is 2.35. The van der Waals surface area contributed by atoms with Crippen LogP contribution < -0.4 is 0 Å². The van der Waals surface area contributed by atoms with Crippen molar-refractivity contribution in [1.29, 1.82) is 0 Å². The van der Waals surface area contributed by atoms with Crippen LogP contribution in [-0.2, 0) is 20.9 Å². The van der Waals surface area contributed by atoms with Crippen LogP contribution >= 0.6 is 0 Å². The van der Waals surface area contributed by atoms with Crippen LogP contribution in [0.1, 0.15) is 26.5 Å². The number of carbonyl (C=O) groups excluding carboxylic acids is 2. The predicted octanol–water partition coefficient (Wildman–Crippen LogP) is 2.31. The van der Waals surface area contributed by atoms with Gasteiger partial charge in [-0.3, -0.25) is 14.6 Å². The first-order valence-corrected chi connectivity index (χ1v) is 6.47. The van der Waals surface area contributed by atoms with Crippen molar-refractivity contribution in [3.8, 4) is 0 Å². The largest absolute Gasteiger partial charge is 0.471 e. The van der Waals surface area contributed by atoms with E-state index in [1.54, 1.807) is 32.9 Å². The summed E-state index contributed by atoms with van der Waals surface area (Å²) in [5.74, 6) is -3.02. The van der Waals surface area contributed by atoms with E-state index in [-0.39, 0.29) is 5.69 Å². The lowest BCUT2D eigenvalue weighted by Gasteiger charge is -2.25. The molecule has 0 fully saturated rings. The van der Waals surface area contributed by atoms with Gasteiger partial charge in [-0.1, -0.05) is 6.07 Å². The molecule has 1 aromatic rings. The van der Waals surface area contributed by atoms with Crippen molar-refractivity contribution in [3.05, 3.63) is 30.1 Å². The van der Waals surface area contributed by atoms with E-state index in [9.17, 15) is 22.8 Å². The number of aromatic nitrogens is 1. The molecule has 122 valence electrons. The van der Waals surface area contributed by atoms with Gasteiger partial charge < -0.3 is 9.64 Å². The molecule has 0 aliphatic rings. The number of carbonyl (C=O) groups is 2. The Morgan fingerprint density at radius 2 is 1.86 bits per heavy atom. The first-order valence-electron chi connectivity index (χ1n) is 6.47. The summed E-state index contributed by atoms with van der Waals surface area (Å²) < 4.78 is 42.8. The summed E-state index contributed by atoms with van der Waals surface area (Å²) in [6, 6.07) is 4.63. The van der Waals surface area contributed by atoms with Gasteiger partial charge in [0, 0.05) is 6.20 Å². The summed E-state index contributed by atoms with van der Waals surface area (Å²) >= 11 is 0. The maximum atomic E-state index is 12.6. The van der Waals surface area contributed by atoms with Gasteiger partial charge in [-0.15, -0.1) is 0 Å². The number of nitrogens with zero attached hydrogens (tertiary/aromatic N) is 2. The molecule has 0 atom stereocenters. The van der Waals surface area contributed by atoms with Crippen LogP contribution in [0.5, 0.6) is 0 Å². The molecule has 1 heterocycles. The van der Waals surface area contributed by atoms with Crippen molar-refractivity contribution < 1.29 is 27.5 Å². The van der Waals surface area contributed by atoms with Crippen LogP contribution in [0.2, 0.25) is 0 Å². The molecule has 0 bridgehead atoms. The summed E-state index contributed by atoms with van der Waals surface area (Å²) in [6.07, 6.45) is -3.68. The van der Waals surface area contributed by atoms with E-state index in [0.29, 0.717) is 4.90 Å². The number of hydrogen-bond acceptors (Lipinski definition) is 4. The molecule has 0 N–H and O–H groups in total. The van der Waals surface area contributed by atoms with E-state index in [2.05, 4.69) is 4.98 Å². The zero-order valence-electron chi connectivity index (χ0n) is 12.5. The first kappa shape index (κ1) is 17.9. The van der Waals surface area contributed by atoms with Crippen molar-refractivity contribution in [3.63, 3.8) is 0 Å². The van der Waals surface area contributed by atoms with E-state index < -0.39 is 36.7 Å². The number of halogens is 3. The van der Waals surface area contributed by atoms with Crippen molar-refractivity contribution in [1.82, 2.24) is 9.88 Å². The molecule has 1 amide bonds. The minimum absolute atomic E-state index is 0.239. The van der Waals surface area contributed by atoms with Crippen molar-refractivity contribution >= 4 is 11.9 Å². The molecule has 0 unspecified atom stereocenters. The van der Waals surface area contributed by atoms with Crippen LogP contribution in [0.25, 0.3) is 0 Å². The van der Waals surface area contributed by atoms with Crippen LogP contribution in [0.3, 0.4) is 0 Å². The lowest BCUT2D eigenvalue weighted by atomic mass is 10.2. The lowest BCUT2D eigenvalue weighted by molar-refractivity contribution is -0.188. The normalized spacial score (nSPS) is 11.9. The molecule has 1 aromatic heterocycles. The van der Waals surface area contributed by atoms with Gasteiger partial charge in [-0.05, 0) is 32.9 Å². The number of esters is 1. The van der Waals surface area contributed by atoms with Gasteiger partial charge in [0.05, 0.1) is 12.2 Å². The molecular weight excluding hydrogens is 301 g/mol. The molecule has 22 heavy (non-hydrogen) atoms. The Bertz CT molecular complexity index is 524. The highest BCUT2D eigenvalue weighted by Gasteiger charge is 2.43. The Kier molecular flexibility index (Phi) is 5.51. The highest BCUT2D eigenvalue weighted by Crippen LogP contribution is 2.20. The van der Waals surface area contributed by atoms with Gasteiger partial charge in [0.25, 0.3) is 0 Å². The molecule has 0 aliphatic heterocycles. The monoisotopic (exact) mass is 318 g/mol. The van der Waals surface area contributed by atoms with Crippen LogP contribution in [0.15, 0.2) is 24.4 Å². The number of alkyl halides is 3. The van der Waals surface area contributed by atoms with Crippen molar-refractivity contribution in [2.75, 3.05) is 6.54 Å². The number of amides is 1. The van der Waals surface area contributed by atoms with Crippen LogP contribution in [-0.4, -0.2) is 40.1 Å². The number of hydrogen-bond donors (Lipinski definition) is 0. The van der Waals surface area contributed by atoms with Crippen molar-refractivity contribution in [2.45, 2.75) is 39.1 Å². The molecular formula is C14H17F3N2O3. The van der Waals surface area contributed by atoms with Gasteiger partial charge >= 0.3 is 18.1 Å². The van der Waals surface area contributed by atoms with E-state index >= 15 is 0 Å². The van der Waals surface area contributed by atoms with Gasteiger partial charge in [-0.25, -0.2) is 0 Å². The summed E-state index contributed by atoms with van der Waals surface area (Å²) in [5.41, 5.74) is -0.613. The SMILES string of the molecule is CC(C)(C)OC(=O)CN(Cc1ccccn1)C(=O)C(F)(F)F. The Balaban J connectivity index is 2.88. The third kappa shape index (κ3) is 6.11. The molecule has 8 heteroatoms. The Labute approximate surface area is 126 Å². The lowest BCUT2D eigenvalue weighted by Crippen LogP contribution is -2.44. The summed E-state index contributed by atoms with van der Waals surface area (Å²) in [7, 11) is 0. The van der Waals surface area contributed by atoms with Crippen LogP contribution in [0.4, 0.5) is 13.2 Å². The Morgan fingerprint density at radius 1 is 1.23 bits per heavy atom. The third-order valence-electron chi connectivity index (χ3n) is 2.35. The average molecular weight is 318 g/mol. The van der Waals surface area contributed by atoms with Crippen molar-refractivity contribution in [2.24, 2.45) is 0 Å². The van der Waals surface area contributed by atoms with E-state index in [0.717, 1.165) is 0 Å². The van der Waals surface area contributed by atoms with Gasteiger partial charge in [0.1, 0.15) is 12.1 Å². The van der Waals surface area contributed by atoms with Gasteiger partial charge in [-0.2, -0.15) is 13.2 Å².